The van der Waals surface area contributed by atoms with Crippen molar-refractivity contribution in [3.05, 3.63) is 16.5 Å². The highest BCUT2D eigenvalue weighted by Crippen LogP contribution is 2.33. The Kier molecular flexibility index (Phi) is 4.37. The Bertz CT molecular complexity index is 708. The summed E-state index contributed by atoms with van der Waals surface area (Å²) in [5, 5.41) is 0. The van der Waals surface area contributed by atoms with Crippen LogP contribution in [0, 0.1) is 0 Å². The van der Waals surface area contributed by atoms with E-state index in [1.807, 2.05) is 13.8 Å². The van der Waals surface area contributed by atoms with Gasteiger partial charge in [-0.25, -0.2) is 13.2 Å². The largest absolute Gasteiger partial charge is 0.447 e. The van der Waals surface area contributed by atoms with Gasteiger partial charge >= 0.3 is 6.09 Å². The zero-order chi connectivity index (χ0) is 16.8. The smallest absolute Gasteiger partial charge is 0.410 e. The molecule has 0 N–H and O–H groups in total. The predicted octanol–water partition coefficient (Wildman–Crippen LogP) is 2.79. The highest BCUT2D eigenvalue weighted by molar-refractivity contribution is 7.91. The molecule has 3 heterocycles. The molecule has 0 spiro atoms. The summed E-state index contributed by atoms with van der Waals surface area (Å²) in [6.45, 7) is 5.09. The number of cyclic esters (lactones) is 1. The molecule has 0 saturated carbocycles. The normalized spacial score (nSPS) is 23.3. The average molecular weight is 379 g/mol. The first-order valence-electron chi connectivity index (χ1n) is 7.43. The topological polar surface area (TPSA) is 66.9 Å². The van der Waals surface area contributed by atoms with Crippen LogP contribution in [0.25, 0.3) is 0 Å². The molecular weight excluding hydrogens is 360 g/mol. The molecule has 6 nitrogen and oxygen atoms in total. The third kappa shape index (κ3) is 3.09. The molecule has 2 aliphatic rings. The van der Waals surface area contributed by atoms with Crippen molar-refractivity contribution in [2.75, 3.05) is 19.7 Å². The zero-order valence-corrected chi connectivity index (χ0v) is 15.4. The summed E-state index contributed by atoms with van der Waals surface area (Å²) < 4.78 is 32.5. The minimum absolute atomic E-state index is 0.0124. The standard InChI is InChI=1S/C14H19ClN2O4S2/c1-14(2)9-21-13(18)17(14)10-5-7-16(8-6-10)23(19,20)12-4-3-11(15)22-12/h3-4,10H,5-9H2,1-2H3. The minimum atomic E-state index is -3.50. The number of halogens is 1. The van der Waals surface area contributed by atoms with E-state index in [9.17, 15) is 13.2 Å². The maximum Gasteiger partial charge on any atom is 0.410 e. The number of amides is 1. The van der Waals surface area contributed by atoms with Crippen molar-refractivity contribution >= 4 is 39.1 Å². The highest BCUT2D eigenvalue weighted by atomic mass is 35.5. The van der Waals surface area contributed by atoms with E-state index in [0.717, 1.165) is 11.3 Å². The minimum Gasteiger partial charge on any atom is -0.447 e. The van der Waals surface area contributed by atoms with Gasteiger partial charge in [0.15, 0.2) is 0 Å². The van der Waals surface area contributed by atoms with Crippen LogP contribution in [-0.2, 0) is 14.8 Å². The molecule has 0 radical (unpaired) electrons. The molecule has 0 bridgehead atoms. The van der Waals surface area contributed by atoms with E-state index in [0.29, 0.717) is 36.9 Å². The Morgan fingerprint density at radius 2 is 1.96 bits per heavy atom. The van der Waals surface area contributed by atoms with Gasteiger partial charge in [-0.15, -0.1) is 11.3 Å². The van der Waals surface area contributed by atoms with Crippen molar-refractivity contribution in [3.63, 3.8) is 0 Å². The third-order valence-electron chi connectivity index (χ3n) is 4.33. The van der Waals surface area contributed by atoms with E-state index in [4.69, 9.17) is 16.3 Å². The number of hydrogen-bond donors (Lipinski definition) is 0. The molecule has 1 amide bonds. The summed E-state index contributed by atoms with van der Waals surface area (Å²) in [7, 11) is -3.50. The second-order valence-electron chi connectivity index (χ2n) is 6.43. The van der Waals surface area contributed by atoms with Crippen molar-refractivity contribution in [1.29, 1.82) is 0 Å². The zero-order valence-electron chi connectivity index (χ0n) is 13.0. The van der Waals surface area contributed by atoms with Crippen LogP contribution in [0.2, 0.25) is 4.34 Å². The van der Waals surface area contributed by atoms with Gasteiger partial charge in [-0.3, -0.25) is 4.90 Å². The molecule has 23 heavy (non-hydrogen) atoms. The fourth-order valence-corrected chi connectivity index (χ4v) is 6.28. The van der Waals surface area contributed by atoms with Gasteiger partial charge in [0.2, 0.25) is 0 Å². The number of nitrogens with zero attached hydrogens (tertiary/aromatic N) is 2. The number of ether oxygens (including phenoxy) is 1. The van der Waals surface area contributed by atoms with Crippen LogP contribution in [0.1, 0.15) is 26.7 Å². The van der Waals surface area contributed by atoms with Gasteiger partial charge < -0.3 is 4.74 Å². The van der Waals surface area contributed by atoms with E-state index >= 15 is 0 Å². The molecule has 0 aromatic carbocycles. The average Bonchev–Trinajstić information content (AvgIpc) is 3.03. The van der Waals surface area contributed by atoms with E-state index in [1.165, 1.54) is 10.4 Å². The number of rotatable bonds is 3. The number of sulfonamides is 1. The summed E-state index contributed by atoms with van der Waals surface area (Å²) in [5.74, 6) is 0. The van der Waals surface area contributed by atoms with Crippen LogP contribution in [0.5, 0.6) is 0 Å². The van der Waals surface area contributed by atoms with Crippen LogP contribution >= 0.6 is 22.9 Å². The van der Waals surface area contributed by atoms with Gasteiger partial charge in [-0.05, 0) is 38.8 Å². The van der Waals surface area contributed by atoms with Gasteiger partial charge in [0.05, 0.1) is 9.88 Å². The van der Waals surface area contributed by atoms with Crippen LogP contribution in [0.4, 0.5) is 4.79 Å². The first-order chi connectivity index (χ1) is 10.7. The van der Waals surface area contributed by atoms with Gasteiger partial charge in [-0.1, -0.05) is 11.6 Å². The molecular formula is C14H19ClN2O4S2. The monoisotopic (exact) mass is 378 g/mol. The number of carbonyl (C=O) groups excluding carboxylic acids is 1. The number of carbonyl (C=O) groups is 1. The van der Waals surface area contributed by atoms with E-state index < -0.39 is 10.0 Å². The Morgan fingerprint density at radius 3 is 2.43 bits per heavy atom. The van der Waals surface area contributed by atoms with E-state index in [-0.39, 0.29) is 21.9 Å². The Balaban J connectivity index is 1.70. The lowest BCUT2D eigenvalue weighted by Crippen LogP contribution is -2.53. The molecule has 128 valence electrons. The molecule has 1 aromatic heterocycles. The molecule has 0 aliphatic carbocycles. The van der Waals surface area contributed by atoms with E-state index in [1.54, 1.807) is 11.0 Å². The summed E-state index contributed by atoms with van der Waals surface area (Å²) >= 11 is 6.91. The SMILES string of the molecule is CC1(C)COC(=O)N1C1CCN(S(=O)(=O)c2ccc(Cl)s2)CC1. The Morgan fingerprint density at radius 1 is 1.30 bits per heavy atom. The molecule has 9 heteroatoms. The Labute approximate surface area is 145 Å². The summed E-state index contributed by atoms with van der Waals surface area (Å²) in [6.07, 6.45) is 0.912. The van der Waals surface area contributed by atoms with Crippen molar-refractivity contribution < 1.29 is 17.9 Å². The van der Waals surface area contributed by atoms with Gasteiger partial charge in [-0.2, -0.15) is 4.31 Å². The molecule has 2 aliphatic heterocycles. The summed E-state index contributed by atoms with van der Waals surface area (Å²) in [5.41, 5.74) is -0.343. The summed E-state index contributed by atoms with van der Waals surface area (Å²) in [6, 6.07) is 3.14. The fourth-order valence-electron chi connectivity index (χ4n) is 3.17. The second kappa shape index (κ2) is 5.91. The highest BCUT2D eigenvalue weighted by Gasteiger charge is 2.45. The number of hydrogen-bond acceptors (Lipinski definition) is 5. The van der Waals surface area contributed by atoms with Gasteiger partial charge in [0.25, 0.3) is 10.0 Å². The number of piperidine rings is 1. The van der Waals surface area contributed by atoms with Crippen LogP contribution in [-0.4, -0.2) is 55.0 Å². The van der Waals surface area contributed by atoms with Crippen LogP contribution in [0.3, 0.4) is 0 Å². The molecule has 3 rings (SSSR count). The van der Waals surface area contributed by atoms with Crippen molar-refractivity contribution in [1.82, 2.24) is 9.21 Å². The second-order valence-corrected chi connectivity index (χ2v) is 10.3. The van der Waals surface area contributed by atoms with Crippen molar-refractivity contribution in [2.45, 2.75) is 42.5 Å². The molecule has 0 atom stereocenters. The maximum atomic E-state index is 12.6. The van der Waals surface area contributed by atoms with Gasteiger partial charge in [0, 0.05) is 19.1 Å². The third-order valence-corrected chi connectivity index (χ3v) is 7.93. The maximum absolute atomic E-state index is 12.6. The molecule has 2 fully saturated rings. The molecule has 1 aromatic rings. The lowest BCUT2D eigenvalue weighted by molar-refractivity contribution is 0.104. The fraction of sp³-hybridized carbons (Fsp3) is 0.643. The lowest BCUT2D eigenvalue weighted by atomic mass is 9.98. The van der Waals surface area contributed by atoms with Crippen molar-refractivity contribution in [3.8, 4) is 0 Å². The number of thiophene rings is 1. The Hall–Kier alpha value is -0.830. The van der Waals surface area contributed by atoms with Crippen LogP contribution < -0.4 is 0 Å². The first kappa shape index (κ1) is 17.0. The quantitative estimate of drug-likeness (QED) is 0.811. The first-order valence-corrected chi connectivity index (χ1v) is 10.1. The van der Waals surface area contributed by atoms with Crippen molar-refractivity contribution in [2.24, 2.45) is 0 Å². The van der Waals surface area contributed by atoms with Crippen LogP contribution in [0.15, 0.2) is 16.3 Å². The van der Waals surface area contributed by atoms with E-state index in [2.05, 4.69) is 0 Å². The molecule has 2 saturated heterocycles. The van der Waals surface area contributed by atoms with Gasteiger partial charge in [0.1, 0.15) is 10.8 Å². The lowest BCUT2D eigenvalue weighted by Gasteiger charge is -2.40. The molecule has 0 unspecified atom stereocenters. The predicted molar refractivity (Wildman–Crippen MR) is 88.4 cm³/mol. The summed E-state index contributed by atoms with van der Waals surface area (Å²) in [4.78, 5) is 13.7.